The molecule has 0 unspecified atom stereocenters. The van der Waals surface area contributed by atoms with E-state index in [1.165, 1.54) is 32.4 Å². The van der Waals surface area contributed by atoms with Crippen LogP contribution in [0.4, 0.5) is 0 Å². The summed E-state index contributed by atoms with van der Waals surface area (Å²) in [6, 6.07) is 0. The third-order valence-corrected chi connectivity index (χ3v) is 2.65. The molecule has 0 aromatic heterocycles. The van der Waals surface area contributed by atoms with Crippen LogP contribution in [0.1, 0.15) is 19.3 Å². The highest BCUT2D eigenvalue weighted by Gasteiger charge is 2.25. The highest BCUT2D eigenvalue weighted by atomic mass is 15.6. The summed E-state index contributed by atoms with van der Waals surface area (Å²) in [5.74, 6) is 0. The molecule has 0 spiro atoms. The van der Waals surface area contributed by atoms with Crippen LogP contribution in [0.25, 0.3) is 0 Å². The Balaban J connectivity index is 2.05. The van der Waals surface area contributed by atoms with E-state index in [-0.39, 0.29) is 0 Å². The summed E-state index contributed by atoms with van der Waals surface area (Å²) in [6.45, 7) is 4.86. The van der Waals surface area contributed by atoms with Crippen LogP contribution in [-0.4, -0.2) is 44.9 Å². The van der Waals surface area contributed by atoms with Crippen LogP contribution in [0, 0.1) is 0 Å². The zero-order valence-corrected chi connectivity index (χ0v) is 8.40. The first-order valence-corrected chi connectivity index (χ1v) is 5.01. The Hall–Kier alpha value is -0.120. The third-order valence-electron chi connectivity index (χ3n) is 2.65. The molecule has 12 heavy (non-hydrogen) atoms. The van der Waals surface area contributed by atoms with Gasteiger partial charge in [-0.05, 0) is 20.0 Å². The van der Waals surface area contributed by atoms with E-state index in [2.05, 4.69) is 17.8 Å². The standard InChI is InChI=1S/C9H22N3/c1-10-6-5-7-11-12(2)8-3-4-9-12/h10-11H,3-9H2,1-2H3/q+1. The van der Waals surface area contributed by atoms with Gasteiger partial charge in [0.2, 0.25) is 0 Å². The van der Waals surface area contributed by atoms with E-state index in [1.807, 2.05) is 7.05 Å². The molecule has 0 aromatic rings. The molecule has 1 aliphatic heterocycles. The lowest BCUT2D eigenvalue weighted by atomic mass is 10.4. The van der Waals surface area contributed by atoms with Crippen molar-refractivity contribution >= 4 is 0 Å². The maximum atomic E-state index is 3.59. The van der Waals surface area contributed by atoms with Gasteiger partial charge in [0, 0.05) is 19.4 Å². The van der Waals surface area contributed by atoms with Crippen molar-refractivity contribution in [3.05, 3.63) is 0 Å². The average molecular weight is 172 g/mol. The maximum absolute atomic E-state index is 3.59. The second-order valence-electron chi connectivity index (χ2n) is 3.92. The van der Waals surface area contributed by atoms with Crippen molar-refractivity contribution in [2.24, 2.45) is 0 Å². The predicted molar refractivity (Wildman–Crippen MR) is 51.7 cm³/mol. The molecule has 0 bridgehead atoms. The summed E-state index contributed by atoms with van der Waals surface area (Å²) in [7, 11) is 4.30. The van der Waals surface area contributed by atoms with E-state index in [0.29, 0.717) is 0 Å². The van der Waals surface area contributed by atoms with Crippen LogP contribution >= 0.6 is 0 Å². The molecule has 0 saturated carbocycles. The molecule has 1 saturated heterocycles. The van der Waals surface area contributed by atoms with E-state index in [9.17, 15) is 0 Å². The number of hydrogen-bond donors (Lipinski definition) is 2. The molecule has 3 heteroatoms. The van der Waals surface area contributed by atoms with E-state index in [0.717, 1.165) is 17.7 Å². The van der Waals surface area contributed by atoms with E-state index in [4.69, 9.17) is 0 Å². The Morgan fingerprint density at radius 1 is 1.17 bits per heavy atom. The van der Waals surface area contributed by atoms with Crippen molar-refractivity contribution in [2.75, 3.05) is 40.3 Å². The summed E-state index contributed by atoms with van der Waals surface area (Å²) in [5, 5.41) is 3.16. The zero-order valence-electron chi connectivity index (χ0n) is 8.40. The lowest BCUT2D eigenvalue weighted by Crippen LogP contribution is -2.53. The molecule has 3 nitrogen and oxygen atoms in total. The number of nitrogens with zero attached hydrogens (tertiary/aromatic N) is 1. The molecule has 2 N–H and O–H groups in total. The smallest absolute Gasteiger partial charge is 0.0962 e. The Morgan fingerprint density at radius 3 is 2.42 bits per heavy atom. The lowest BCUT2D eigenvalue weighted by Gasteiger charge is -2.28. The van der Waals surface area contributed by atoms with Crippen molar-refractivity contribution in [1.82, 2.24) is 10.7 Å². The normalized spacial score (nSPS) is 21.5. The van der Waals surface area contributed by atoms with E-state index >= 15 is 0 Å². The SMILES string of the molecule is CNCCCN[N+]1(C)CCCC1. The fourth-order valence-corrected chi connectivity index (χ4v) is 1.81. The second kappa shape index (κ2) is 4.80. The van der Waals surface area contributed by atoms with Gasteiger partial charge in [0.1, 0.15) is 0 Å². The topological polar surface area (TPSA) is 24.1 Å². The minimum absolute atomic E-state index is 1.09. The minimum Gasteiger partial charge on any atom is -0.320 e. The third kappa shape index (κ3) is 3.09. The summed E-state index contributed by atoms with van der Waals surface area (Å²) >= 11 is 0. The fraction of sp³-hybridized carbons (Fsp3) is 1.00. The van der Waals surface area contributed by atoms with Crippen LogP contribution in [0.15, 0.2) is 0 Å². The van der Waals surface area contributed by atoms with Gasteiger partial charge in [-0.15, -0.1) is 0 Å². The first-order chi connectivity index (χ1) is 5.77. The van der Waals surface area contributed by atoms with Crippen LogP contribution < -0.4 is 10.7 Å². The largest absolute Gasteiger partial charge is 0.320 e. The van der Waals surface area contributed by atoms with Gasteiger partial charge in [-0.25, -0.2) is 4.59 Å². The molecule has 72 valence electrons. The highest BCUT2D eigenvalue weighted by Crippen LogP contribution is 2.12. The van der Waals surface area contributed by atoms with Crippen molar-refractivity contribution < 1.29 is 4.59 Å². The van der Waals surface area contributed by atoms with Crippen molar-refractivity contribution in [1.29, 1.82) is 0 Å². The van der Waals surface area contributed by atoms with Gasteiger partial charge >= 0.3 is 0 Å². The molecule has 0 radical (unpaired) electrons. The minimum atomic E-state index is 1.09. The number of hydrogen-bond acceptors (Lipinski definition) is 2. The number of rotatable bonds is 5. The van der Waals surface area contributed by atoms with Crippen molar-refractivity contribution in [3.63, 3.8) is 0 Å². The van der Waals surface area contributed by atoms with Gasteiger partial charge in [-0.3, -0.25) is 0 Å². The van der Waals surface area contributed by atoms with Crippen LogP contribution in [0.3, 0.4) is 0 Å². The monoisotopic (exact) mass is 172 g/mol. The summed E-state index contributed by atoms with van der Waals surface area (Å²) < 4.78 is 1.09. The van der Waals surface area contributed by atoms with Crippen LogP contribution in [0.5, 0.6) is 0 Å². The number of likely N-dealkylation sites (tertiary alicyclic amines) is 1. The molecule has 0 atom stereocenters. The molecular formula is C9H22N3+. The van der Waals surface area contributed by atoms with Gasteiger partial charge in [0.25, 0.3) is 0 Å². The highest BCUT2D eigenvalue weighted by molar-refractivity contribution is 4.50. The van der Waals surface area contributed by atoms with Crippen LogP contribution in [-0.2, 0) is 0 Å². The molecular weight excluding hydrogens is 150 g/mol. The van der Waals surface area contributed by atoms with Crippen molar-refractivity contribution in [2.45, 2.75) is 19.3 Å². The molecule has 0 amide bonds. The molecule has 1 heterocycles. The van der Waals surface area contributed by atoms with E-state index < -0.39 is 0 Å². The molecule has 0 aliphatic carbocycles. The Labute approximate surface area is 75.7 Å². The quantitative estimate of drug-likeness (QED) is 0.461. The van der Waals surface area contributed by atoms with Gasteiger partial charge in [0.05, 0.1) is 20.1 Å². The van der Waals surface area contributed by atoms with E-state index in [1.54, 1.807) is 0 Å². The first kappa shape index (κ1) is 9.96. The van der Waals surface area contributed by atoms with Crippen LogP contribution in [0.2, 0.25) is 0 Å². The Kier molecular flexibility index (Phi) is 3.98. The fourth-order valence-electron chi connectivity index (χ4n) is 1.81. The van der Waals surface area contributed by atoms with Crippen molar-refractivity contribution in [3.8, 4) is 0 Å². The maximum Gasteiger partial charge on any atom is 0.0962 e. The Bertz CT molecular complexity index is 119. The summed E-state index contributed by atoms with van der Waals surface area (Å²) in [5.41, 5.74) is 3.59. The predicted octanol–water partition coefficient (Wildman–Crippen LogP) is 0.341. The molecule has 1 rings (SSSR count). The Morgan fingerprint density at radius 2 is 1.83 bits per heavy atom. The first-order valence-electron chi connectivity index (χ1n) is 5.01. The summed E-state index contributed by atoms with van der Waals surface area (Å²) in [4.78, 5) is 0. The number of quaternary nitrogens is 1. The lowest BCUT2D eigenvalue weighted by molar-refractivity contribution is -0.941. The molecule has 0 aromatic carbocycles. The zero-order chi connectivity index (χ0) is 8.86. The molecule has 1 aliphatic rings. The molecule has 1 fully saturated rings. The second-order valence-corrected chi connectivity index (χ2v) is 3.92. The number of nitrogens with one attached hydrogen (secondary N) is 2. The van der Waals surface area contributed by atoms with Gasteiger partial charge in [-0.2, -0.15) is 5.43 Å². The summed E-state index contributed by atoms with van der Waals surface area (Å²) in [6.07, 6.45) is 4.00. The average Bonchev–Trinajstić information content (AvgIpc) is 2.47. The van der Waals surface area contributed by atoms with Gasteiger partial charge < -0.3 is 5.32 Å². The van der Waals surface area contributed by atoms with Gasteiger partial charge in [0.15, 0.2) is 0 Å². The van der Waals surface area contributed by atoms with Gasteiger partial charge in [-0.1, -0.05) is 0 Å².